The van der Waals surface area contributed by atoms with Crippen LogP contribution < -0.4 is 5.56 Å². The second kappa shape index (κ2) is 6.83. The molecule has 3 aromatic heterocycles. The van der Waals surface area contributed by atoms with E-state index < -0.39 is 0 Å². The summed E-state index contributed by atoms with van der Waals surface area (Å²) < 4.78 is 0. The topological polar surface area (TPSA) is 58.6 Å². The zero-order valence-electron chi connectivity index (χ0n) is 15.6. The molecule has 2 aromatic carbocycles. The third-order valence-corrected chi connectivity index (χ3v) is 5.23. The van der Waals surface area contributed by atoms with Crippen LogP contribution in [0.2, 0.25) is 5.02 Å². The van der Waals surface area contributed by atoms with Crippen LogP contribution >= 0.6 is 11.6 Å². The molecule has 5 heteroatoms. The molecule has 0 fully saturated rings. The number of H-pyrrole nitrogens is 1. The third-order valence-electron chi connectivity index (χ3n) is 4.94. The smallest absolute Gasteiger partial charge is 0.249 e. The first-order chi connectivity index (χ1) is 14.1. The molecule has 1 N–H and O–H groups in total. The predicted molar refractivity (Wildman–Crippen MR) is 118 cm³/mol. The normalized spacial score (nSPS) is 11.2. The van der Waals surface area contributed by atoms with E-state index in [1.807, 2.05) is 55.6 Å². The van der Waals surface area contributed by atoms with Crippen molar-refractivity contribution >= 4 is 33.5 Å². The van der Waals surface area contributed by atoms with Gasteiger partial charge in [0.1, 0.15) is 5.65 Å². The number of fused-ring (bicyclic) bond motifs is 2. The molecule has 5 rings (SSSR count). The molecule has 5 aromatic rings. The zero-order valence-corrected chi connectivity index (χ0v) is 16.4. The number of hydrogen-bond donors (Lipinski definition) is 1. The second-order valence-corrected chi connectivity index (χ2v) is 7.46. The molecule has 4 nitrogen and oxygen atoms in total. The van der Waals surface area contributed by atoms with Crippen LogP contribution in [0, 0.1) is 6.92 Å². The lowest BCUT2D eigenvalue weighted by molar-refractivity contribution is 1.23. The summed E-state index contributed by atoms with van der Waals surface area (Å²) in [6.45, 7) is 2.01. The van der Waals surface area contributed by atoms with Crippen molar-refractivity contribution in [1.29, 1.82) is 0 Å². The maximum absolute atomic E-state index is 11.8. The van der Waals surface area contributed by atoms with E-state index in [1.165, 1.54) is 6.07 Å². The maximum Gasteiger partial charge on any atom is 0.249 e. The Morgan fingerprint density at radius 1 is 0.897 bits per heavy atom. The van der Waals surface area contributed by atoms with Crippen molar-refractivity contribution in [3.63, 3.8) is 0 Å². The molecule has 0 spiro atoms. The molecular formula is C24H16ClN3O. The van der Waals surface area contributed by atoms with Crippen LogP contribution in [0.4, 0.5) is 0 Å². The maximum atomic E-state index is 11.8. The summed E-state index contributed by atoms with van der Waals surface area (Å²) in [5, 5.41) is 2.43. The highest BCUT2D eigenvalue weighted by molar-refractivity contribution is 6.35. The SMILES string of the molecule is Cc1cnc2c(Cl)cc(-c3cc4ccc(=O)[nH]c4nc3-c3ccccc3)cc2c1. The number of hydrogen-bond acceptors (Lipinski definition) is 3. The molecule has 29 heavy (non-hydrogen) atoms. The van der Waals surface area contributed by atoms with Crippen LogP contribution in [0.15, 0.2) is 77.7 Å². The van der Waals surface area contributed by atoms with Gasteiger partial charge >= 0.3 is 0 Å². The molecule has 0 bridgehead atoms. The number of nitrogens with one attached hydrogen (secondary N) is 1. The van der Waals surface area contributed by atoms with E-state index in [9.17, 15) is 4.79 Å². The van der Waals surface area contributed by atoms with E-state index in [2.05, 4.69) is 22.1 Å². The molecule has 0 aliphatic carbocycles. The molecule has 0 amide bonds. The Hall–Kier alpha value is -3.50. The molecule has 0 radical (unpaired) electrons. The Bertz CT molecular complexity index is 1440. The van der Waals surface area contributed by atoms with Gasteiger partial charge < -0.3 is 4.98 Å². The Morgan fingerprint density at radius 2 is 1.72 bits per heavy atom. The van der Waals surface area contributed by atoms with Crippen LogP contribution in [0.3, 0.4) is 0 Å². The lowest BCUT2D eigenvalue weighted by Gasteiger charge is -2.13. The van der Waals surface area contributed by atoms with Gasteiger partial charge in [-0.2, -0.15) is 0 Å². The molecule has 0 aliphatic heterocycles. The third kappa shape index (κ3) is 3.18. The van der Waals surface area contributed by atoms with Gasteiger partial charge in [-0.05, 0) is 48.4 Å². The van der Waals surface area contributed by atoms with Crippen LogP contribution in [0.5, 0.6) is 0 Å². The number of benzene rings is 2. The molecule has 3 heterocycles. The van der Waals surface area contributed by atoms with Gasteiger partial charge in [0.2, 0.25) is 5.56 Å². The lowest BCUT2D eigenvalue weighted by Crippen LogP contribution is -2.04. The summed E-state index contributed by atoms with van der Waals surface area (Å²) in [5.41, 5.74) is 5.89. The number of aromatic amines is 1. The number of rotatable bonds is 2. The van der Waals surface area contributed by atoms with Crippen molar-refractivity contribution in [1.82, 2.24) is 15.0 Å². The number of pyridine rings is 3. The van der Waals surface area contributed by atoms with Gasteiger partial charge in [0.15, 0.2) is 0 Å². The molecule has 0 aliphatic rings. The van der Waals surface area contributed by atoms with E-state index in [0.717, 1.165) is 44.2 Å². The Balaban J connectivity index is 1.85. The van der Waals surface area contributed by atoms with Crippen molar-refractivity contribution in [3.8, 4) is 22.4 Å². The Labute approximate surface area is 171 Å². The van der Waals surface area contributed by atoms with Crippen molar-refractivity contribution < 1.29 is 0 Å². The van der Waals surface area contributed by atoms with Gasteiger partial charge in [-0.1, -0.05) is 41.9 Å². The van der Waals surface area contributed by atoms with Crippen LogP contribution in [0.1, 0.15) is 5.56 Å². The highest BCUT2D eigenvalue weighted by Gasteiger charge is 2.14. The summed E-state index contributed by atoms with van der Waals surface area (Å²) >= 11 is 6.57. The van der Waals surface area contributed by atoms with Crippen molar-refractivity contribution in [2.45, 2.75) is 6.92 Å². The van der Waals surface area contributed by atoms with Crippen molar-refractivity contribution in [3.05, 3.63) is 93.9 Å². The van der Waals surface area contributed by atoms with Gasteiger partial charge in [0.05, 0.1) is 16.2 Å². The van der Waals surface area contributed by atoms with E-state index >= 15 is 0 Å². The molecule has 0 saturated heterocycles. The van der Waals surface area contributed by atoms with Gasteiger partial charge in [-0.25, -0.2) is 4.98 Å². The quantitative estimate of drug-likeness (QED) is 0.411. The molecule has 0 unspecified atom stereocenters. The first-order valence-corrected chi connectivity index (χ1v) is 9.62. The van der Waals surface area contributed by atoms with E-state index in [4.69, 9.17) is 16.6 Å². The number of aromatic nitrogens is 3. The molecule has 140 valence electrons. The second-order valence-electron chi connectivity index (χ2n) is 7.05. The largest absolute Gasteiger partial charge is 0.307 e. The number of aryl methyl sites for hydroxylation is 1. The van der Waals surface area contributed by atoms with Crippen molar-refractivity contribution in [2.24, 2.45) is 0 Å². The van der Waals surface area contributed by atoms with Gasteiger partial charge in [0.25, 0.3) is 0 Å². The molecule has 0 atom stereocenters. The fourth-order valence-corrected chi connectivity index (χ4v) is 3.86. The van der Waals surface area contributed by atoms with Gasteiger partial charge in [0, 0.05) is 34.2 Å². The predicted octanol–water partition coefficient (Wildman–Crippen LogP) is 5.77. The fourth-order valence-electron chi connectivity index (χ4n) is 3.59. The molecular weight excluding hydrogens is 382 g/mol. The minimum atomic E-state index is -0.174. The highest BCUT2D eigenvalue weighted by atomic mass is 35.5. The summed E-state index contributed by atoms with van der Waals surface area (Å²) in [7, 11) is 0. The lowest BCUT2D eigenvalue weighted by atomic mass is 9.96. The standard InChI is InChI=1S/C24H16ClN3O/c1-14-9-18-10-17(12-20(25)23(18)26-13-14)19-11-16-7-8-21(29)27-24(16)28-22(19)15-5-3-2-4-6-15/h2-13H,1H3,(H,27,28,29). The van der Waals surface area contributed by atoms with Crippen molar-refractivity contribution in [2.75, 3.05) is 0 Å². The highest BCUT2D eigenvalue weighted by Crippen LogP contribution is 2.36. The first-order valence-electron chi connectivity index (χ1n) is 9.24. The average Bonchev–Trinajstić information content (AvgIpc) is 2.73. The minimum Gasteiger partial charge on any atom is -0.307 e. The monoisotopic (exact) mass is 397 g/mol. The van der Waals surface area contributed by atoms with Gasteiger partial charge in [-0.15, -0.1) is 0 Å². The average molecular weight is 398 g/mol. The summed E-state index contributed by atoms with van der Waals surface area (Å²) in [5.74, 6) is 0. The Kier molecular flexibility index (Phi) is 4.14. The van der Waals surface area contributed by atoms with E-state index in [-0.39, 0.29) is 5.56 Å². The number of halogens is 1. The van der Waals surface area contributed by atoms with Gasteiger partial charge in [-0.3, -0.25) is 9.78 Å². The van der Waals surface area contributed by atoms with Crippen LogP contribution in [0.25, 0.3) is 44.3 Å². The first kappa shape index (κ1) is 17.6. The zero-order chi connectivity index (χ0) is 20.0. The molecule has 0 saturated carbocycles. The van der Waals surface area contributed by atoms with E-state index in [1.54, 1.807) is 6.07 Å². The van der Waals surface area contributed by atoms with E-state index in [0.29, 0.717) is 10.7 Å². The Morgan fingerprint density at radius 3 is 2.55 bits per heavy atom. The number of nitrogens with zero attached hydrogens (tertiary/aromatic N) is 2. The van der Waals surface area contributed by atoms with Crippen LogP contribution in [-0.2, 0) is 0 Å². The summed E-state index contributed by atoms with van der Waals surface area (Å²) in [6, 6.07) is 21.3. The van der Waals surface area contributed by atoms with Crippen LogP contribution in [-0.4, -0.2) is 15.0 Å². The summed E-state index contributed by atoms with van der Waals surface area (Å²) in [4.78, 5) is 23.9. The minimum absolute atomic E-state index is 0.174. The summed E-state index contributed by atoms with van der Waals surface area (Å²) in [6.07, 6.45) is 1.82. The fraction of sp³-hybridized carbons (Fsp3) is 0.0417.